The maximum atomic E-state index is 12.2. The smallest absolute Gasteiger partial charge is 0.227 e. The Hall–Kier alpha value is -2.54. The highest BCUT2D eigenvalue weighted by molar-refractivity contribution is 6.32. The maximum Gasteiger partial charge on any atom is 0.227 e. The van der Waals surface area contributed by atoms with Crippen molar-refractivity contribution in [3.05, 3.63) is 41.2 Å². The van der Waals surface area contributed by atoms with Crippen molar-refractivity contribution in [1.29, 1.82) is 0 Å². The van der Waals surface area contributed by atoms with Crippen molar-refractivity contribution in [3.63, 3.8) is 0 Å². The van der Waals surface area contributed by atoms with E-state index >= 15 is 0 Å². The Kier molecular flexibility index (Phi) is 4.71. The van der Waals surface area contributed by atoms with E-state index in [1.54, 1.807) is 29.2 Å². The Morgan fingerprint density at radius 3 is 3.00 bits per heavy atom. The molecule has 1 aromatic heterocycles. The van der Waals surface area contributed by atoms with Crippen molar-refractivity contribution < 1.29 is 18.8 Å². The number of hydrogen-bond donors (Lipinski definition) is 1. The first kappa shape index (κ1) is 16.3. The number of nitrogens with zero attached hydrogens (tertiary/aromatic N) is 2. The van der Waals surface area contributed by atoms with Crippen LogP contribution in [0.1, 0.15) is 12.1 Å². The third-order valence-corrected chi connectivity index (χ3v) is 4.17. The number of carbonyl (C=O) groups excluding carboxylic acids is 2. The van der Waals surface area contributed by atoms with E-state index in [4.69, 9.17) is 20.9 Å². The SMILES string of the molecule is COc1ccc(N2CC(C(=O)NCc3ccon3)CC2=O)cc1Cl. The zero-order valence-corrected chi connectivity index (χ0v) is 13.7. The summed E-state index contributed by atoms with van der Waals surface area (Å²) < 4.78 is 9.81. The molecule has 1 aliphatic heterocycles. The number of methoxy groups -OCH3 is 1. The van der Waals surface area contributed by atoms with E-state index in [0.717, 1.165) is 0 Å². The molecule has 2 heterocycles. The summed E-state index contributed by atoms with van der Waals surface area (Å²) >= 11 is 6.10. The fourth-order valence-electron chi connectivity index (χ4n) is 2.61. The average molecular weight is 350 g/mol. The number of aromatic nitrogens is 1. The van der Waals surface area contributed by atoms with Crippen molar-refractivity contribution in [2.45, 2.75) is 13.0 Å². The molecule has 1 aromatic carbocycles. The van der Waals surface area contributed by atoms with E-state index in [-0.39, 0.29) is 24.8 Å². The summed E-state index contributed by atoms with van der Waals surface area (Å²) in [5, 5.41) is 6.91. The molecule has 8 heteroatoms. The number of rotatable bonds is 5. The van der Waals surface area contributed by atoms with E-state index in [2.05, 4.69) is 10.5 Å². The van der Waals surface area contributed by atoms with Gasteiger partial charge in [0.15, 0.2) is 0 Å². The molecule has 24 heavy (non-hydrogen) atoms. The Labute approximate surface area is 143 Å². The van der Waals surface area contributed by atoms with Crippen LogP contribution < -0.4 is 15.0 Å². The first-order valence-electron chi connectivity index (χ1n) is 7.39. The molecule has 0 radical (unpaired) electrons. The number of ether oxygens (including phenoxy) is 1. The molecule has 126 valence electrons. The number of benzene rings is 1. The lowest BCUT2D eigenvalue weighted by atomic mass is 10.1. The Balaban J connectivity index is 1.64. The van der Waals surface area contributed by atoms with Crippen molar-refractivity contribution in [3.8, 4) is 5.75 Å². The van der Waals surface area contributed by atoms with Crippen molar-refractivity contribution in [2.75, 3.05) is 18.6 Å². The van der Waals surface area contributed by atoms with Gasteiger partial charge >= 0.3 is 0 Å². The van der Waals surface area contributed by atoms with Gasteiger partial charge in [-0.25, -0.2) is 0 Å². The molecule has 2 aromatic rings. The van der Waals surface area contributed by atoms with Crippen LogP contribution in [0.5, 0.6) is 5.75 Å². The standard InChI is InChI=1S/C16H16ClN3O4/c1-23-14-3-2-12(7-13(14)17)20-9-10(6-15(20)21)16(22)18-8-11-4-5-24-19-11/h2-5,7,10H,6,8-9H2,1H3,(H,18,22). The Morgan fingerprint density at radius 2 is 2.33 bits per heavy atom. The predicted octanol–water partition coefficient (Wildman–Crippen LogP) is 2.01. The largest absolute Gasteiger partial charge is 0.495 e. The summed E-state index contributed by atoms with van der Waals surface area (Å²) in [4.78, 5) is 26.0. The lowest BCUT2D eigenvalue weighted by Gasteiger charge is -2.17. The molecule has 1 atom stereocenters. The molecular formula is C16H16ClN3O4. The second-order valence-corrected chi connectivity index (χ2v) is 5.84. The second-order valence-electron chi connectivity index (χ2n) is 5.43. The maximum absolute atomic E-state index is 12.2. The van der Waals surface area contributed by atoms with Crippen LogP contribution in [0.25, 0.3) is 0 Å². The molecule has 0 bridgehead atoms. The predicted molar refractivity (Wildman–Crippen MR) is 86.8 cm³/mol. The number of amides is 2. The lowest BCUT2D eigenvalue weighted by Crippen LogP contribution is -2.32. The summed E-state index contributed by atoms with van der Waals surface area (Å²) in [6.45, 7) is 0.584. The number of halogens is 1. The molecule has 0 spiro atoms. The van der Waals surface area contributed by atoms with Crippen LogP contribution in [0.2, 0.25) is 5.02 Å². The van der Waals surface area contributed by atoms with Gasteiger partial charge in [0.2, 0.25) is 11.8 Å². The van der Waals surface area contributed by atoms with E-state index < -0.39 is 5.92 Å². The summed E-state index contributed by atoms with van der Waals surface area (Å²) in [5.74, 6) is -0.175. The van der Waals surface area contributed by atoms with Gasteiger partial charge < -0.3 is 19.5 Å². The van der Waals surface area contributed by atoms with Crippen molar-refractivity contribution in [1.82, 2.24) is 10.5 Å². The highest BCUT2D eigenvalue weighted by Crippen LogP contribution is 2.32. The van der Waals surface area contributed by atoms with E-state index in [1.165, 1.54) is 13.4 Å². The van der Waals surface area contributed by atoms with Crippen LogP contribution in [0, 0.1) is 5.92 Å². The molecule has 0 aliphatic carbocycles. The highest BCUT2D eigenvalue weighted by Gasteiger charge is 2.35. The van der Waals surface area contributed by atoms with Crippen molar-refractivity contribution in [2.24, 2.45) is 5.92 Å². The van der Waals surface area contributed by atoms with Crippen LogP contribution in [-0.4, -0.2) is 30.6 Å². The summed E-state index contributed by atoms with van der Waals surface area (Å²) in [6, 6.07) is 6.78. The number of nitrogens with one attached hydrogen (secondary N) is 1. The summed E-state index contributed by atoms with van der Waals surface area (Å²) in [5.41, 5.74) is 1.28. The van der Waals surface area contributed by atoms with Crippen LogP contribution >= 0.6 is 11.6 Å². The summed E-state index contributed by atoms with van der Waals surface area (Å²) in [7, 11) is 1.52. The minimum Gasteiger partial charge on any atom is -0.495 e. The second kappa shape index (κ2) is 6.92. The van der Waals surface area contributed by atoms with Crippen molar-refractivity contribution >= 4 is 29.1 Å². The Bertz CT molecular complexity index is 748. The van der Waals surface area contributed by atoms with E-state index in [9.17, 15) is 9.59 Å². The van der Waals surface area contributed by atoms with Crippen LogP contribution in [0.4, 0.5) is 5.69 Å². The minimum absolute atomic E-state index is 0.113. The molecule has 1 aliphatic rings. The number of anilines is 1. The van der Waals surface area contributed by atoms with Gasteiger partial charge in [-0.15, -0.1) is 0 Å². The molecule has 0 saturated carbocycles. The molecular weight excluding hydrogens is 334 g/mol. The molecule has 3 rings (SSSR count). The minimum atomic E-state index is -0.412. The number of carbonyl (C=O) groups is 2. The molecule has 7 nitrogen and oxygen atoms in total. The van der Waals surface area contributed by atoms with Gasteiger partial charge in [-0.1, -0.05) is 16.8 Å². The fraction of sp³-hybridized carbons (Fsp3) is 0.312. The number of hydrogen-bond acceptors (Lipinski definition) is 5. The molecule has 2 amide bonds. The van der Waals surface area contributed by atoms with Gasteiger partial charge in [0.25, 0.3) is 0 Å². The normalized spacial score (nSPS) is 17.2. The van der Waals surface area contributed by atoms with Gasteiger partial charge in [-0.05, 0) is 18.2 Å². The van der Waals surface area contributed by atoms with Crippen LogP contribution in [0.3, 0.4) is 0 Å². The molecule has 1 unspecified atom stereocenters. The quantitative estimate of drug-likeness (QED) is 0.892. The third kappa shape index (κ3) is 3.35. The average Bonchev–Trinajstić information content (AvgIpc) is 3.22. The van der Waals surface area contributed by atoms with E-state index in [1.807, 2.05) is 0 Å². The molecule has 1 N–H and O–H groups in total. The monoisotopic (exact) mass is 349 g/mol. The Morgan fingerprint density at radius 1 is 1.50 bits per heavy atom. The third-order valence-electron chi connectivity index (χ3n) is 3.88. The molecule has 1 fully saturated rings. The zero-order valence-electron chi connectivity index (χ0n) is 13.0. The zero-order chi connectivity index (χ0) is 17.1. The van der Waals surface area contributed by atoms with Gasteiger partial charge in [0.05, 0.1) is 24.6 Å². The first-order valence-corrected chi connectivity index (χ1v) is 7.77. The van der Waals surface area contributed by atoms with Gasteiger partial charge in [-0.3, -0.25) is 9.59 Å². The van der Waals surface area contributed by atoms with E-state index in [0.29, 0.717) is 28.7 Å². The molecule has 1 saturated heterocycles. The fourth-order valence-corrected chi connectivity index (χ4v) is 2.86. The van der Waals surface area contributed by atoms with Crippen LogP contribution in [-0.2, 0) is 16.1 Å². The van der Waals surface area contributed by atoms with Crippen LogP contribution in [0.15, 0.2) is 35.1 Å². The van der Waals surface area contributed by atoms with Gasteiger partial charge in [0, 0.05) is 24.7 Å². The lowest BCUT2D eigenvalue weighted by molar-refractivity contribution is -0.126. The first-order chi connectivity index (χ1) is 11.6. The summed E-state index contributed by atoms with van der Waals surface area (Å²) in [6.07, 6.45) is 1.60. The van der Waals surface area contributed by atoms with Gasteiger partial charge in [-0.2, -0.15) is 0 Å². The van der Waals surface area contributed by atoms with Gasteiger partial charge in [0.1, 0.15) is 17.7 Å². The highest BCUT2D eigenvalue weighted by atomic mass is 35.5. The topological polar surface area (TPSA) is 84.7 Å².